The number of hydrogen-bond acceptors (Lipinski definition) is 3. The highest BCUT2D eigenvalue weighted by Gasteiger charge is 2.17. The van der Waals surface area contributed by atoms with Crippen molar-refractivity contribution in [3.63, 3.8) is 0 Å². The van der Waals surface area contributed by atoms with Crippen LogP contribution in [0.2, 0.25) is 0 Å². The summed E-state index contributed by atoms with van der Waals surface area (Å²) < 4.78 is 1.95. The zero-order valence-electron chi connectivity index (χ0n) is 6.58. The van der Waals surface area contributed by atoms with E-state index in [1.165, 1.54) is 0 Å². The van der Waals surface area contributed by atoms with Crippen LogP contribution in [0.25, 0.3) is 0 Å². The average Bonchev–Trinajstić information content (AvgIpc) is 2.47. The van der Waals surface area contributed by atoms with E-state index in [1.807, 2.05) is 4.57 Å². The molecule has 0 saturated carbocycles. The van der Waals surface area contributed by atoms with Crippen LogP contribution in [-0.2, 0) is 13.1 Å². The van der Waals surface area contributed by atoms with E-state index in [-0.39, 0.29) is 0 Å². The first kappa shape index (κ1) is 7.30. The summed E-state index contributed by atoms with van der Waals surface area (Å²) in [5.74, 6) is -0.451. The monoisotopic (exact) mass is 166 g/mol. The number of carbonyl (C=O) groups is 1. The molecule has 0 spiro atoms. The maximum atomic E-state index is 10.9. The SMILES string of the molecule is NC(=O)c1ncn2c1CNCC2. The van der Waals surface area contributed by atoms with Crippen LogP contribution in [0.1, 0.15) is 16.2 Å². The van der Waals surface area contributed by atoms with Crippen molar-refractivity contribution >= 4 is 5.91 Å². The van der Waals surface area contributed by atoms with Crippen molar-refractivity contribution in [1.82, 2.24) is 14.9 Å². The van der Waals surface area contributed by atoms with Crippen LogP contribution in [0.5, 0.6) is 0 Å². The van der Waals surface area contributed by atoms with Gasteiger partial charge in [-0.1, -0.05) is 0 Å². The average molecular weight is 166 g/mol. The lowest BCUT2D eigenvalue weighted by atomic mass is 10.2. The molecule has 3 N–H and O–H groups in total. The van der Waals surface area contributed by atoms with Gasteiger partial charge >= 0.3 is 0 Å². The lowest BCUT2D eigenvalue weighted by Gasteiger charge is -2.15. The molecule has 64 valence electrons. The molecule has 1 aliphatic rings. The van der Waals surface area contributed by atoms with Crippen molar-refractivity contribution in [2.75, 3.05) is 6.54 Å². The normalized spacial score (nSPS) is 15.7. The fourth-order valence-electron chi connectivity index (χ4n) is 1.40. The molecule has 0 unspecified atom stereocenters. The second kappa shape index (κ2) is 2.60. The Morgan fingerprint density at radius 1 is 1.75 bits per heavy atom. The van der Waals surface area contributed by atoms with Crippen LogP contribution in [-0.4, -0.2) is 22.0 Å². The summed E-state index contributed by atoms with van der Waals surface area (Å²) in [6.45, 7) is 2.45. The molecule has 1 aliphatic heterocycles. The van der Waals surface area contributed by atoms with Gasteiger partial charge in [-0.15, -0.1) is 0 Å². The molecule has 0 fully saturated rings. The minimum Gasteiger partial charge on any atom is -0.364 e. The Labute approximate surface area is 69.6 Å². The molecule has 0 radical (unpaired) electrons. The summed E-state index contributed by atoms with van der Waals surface area (Å²) in [6.07, 6.45) is 1.66. The third-order valence-corrected chi connectivity index (χ3v) is 2.00. The van der Waals surface area contributed by atoms with Gasteiger partial charge in [0.1, 0.15) is 5.69 Å². The Morgan fingerprint density at radius 3 is 3.33 bits per heavy atom. The van der Waals surface area contributed by atoms with E-state index in [9.17, 15) is 4.79 Å². The number of hydrogen-bond donors (Lipinski definition) is 2. The lowest BCUT2D eigenvalue weighted by molar-refractivity contribution is 0.0994. The highest BCUT2D eigenvalue weighted by atomic mass is 16.1. The minimum absolute atomic E-state index is 0.391. The minimum atomic E-state index is -0.451. The van der Waals surface area contributed by atoms with Crippen molar-refractivity contribution in [2.45, 2.75) is 13.1 Å². The zero-order chi connectivity index (χ0) is 8.55. The third-order valence-electron chi connectivity index (χ3n) is 2.00. The van der Waals surface area contributed by atoms with Gasteiger partial charge in [0, 0.05) is 19.6 Å². The first-order chi connectivity index (χ1) is 5.79. The van der Waals surface area contributed by atoms with Gasteiger partial charge in [0.05, 0.1) is 12.0 Å². The molecular formula is C7H10N4O. The molecule has 12 heavy (non-hydrogen) atoms. The number of carbonyl (C=O) groups excluding carboxylic acids is 1. The lowest BCUT2D eigenvalue weighted by Crippen LogP contribution is -2.29. The van der Waals surface area contributed by atoms with Crippen LogP contribution in [0.4, 0.5) is 0 Å². The maximum absolute atomic E-state index is 10.9. The van der Waals surface area contributed by atoms with Crippen LogP contribution in [0.15, 0.2) is 6.33 Å². The molecule has 0 aromatic carbocycles. The summed E-state index contributed by atoms with van der Waals surface area (Å²) in [6, 6.07) is 0. The summed E-state index contributed by atoms with van der Waals surface area (Å²) in [5, 5.41) is 3.15. The fourth-order valence-corrected chi connectivity index (χ4v) is 1.40. The van der Waals surface area contributed by atoms with Crippen molar-refractivity contribution < 1.29 is 4.79 Å². The van der Waals surface area contributed by atoms with E-state index in [2.05, 4.69) is 10.3 Å². The van der Waals surface area contributed by atoms with E-state index in [0.29, 0.717) is 12.2 Å². The molecule has 0 aliphatic carbocycles. The predicted molar refractivity (Wildman–Crippen MR) is 42.5 cm³/mol. The quantitative estimate of drug-likeness (QED) is 0.567. The van der Waals surface area contributed by atoms with Gasteiger partial charge in [-0.05, 0) is 0 Å². The Balaban J connectivity index is 2.44. The number of primary amides is 1. The molecular weight excluding hydrogens is 156 g/mol. The molecule has 0 saturated heterocycles. The molecule has 5 nitrogen and oxygen atoms in total. The molecule has 0 atom stereocenters. The molecule has 1 aromatic heterocycles. The van der Waals surface area contributed by atoms with Gasteiger partial charge in [0.2, 0.25) is 0 Å². The van der Waals surface area contributed by atoms with Crippen LogP contribution in [0.3, 0.4) is 0 Å². The van der Waals surface area contributed by atoms with Gasteiger partial charge in [-0.3, -0.25) is 4.79 Å². The number of nitrogens with one attached hydrogen (secondary N) is 1. The van der Waals surface area contributed by atoms with Crippen LogP contribution >= 0.6 is 0 Å². The van der Waals surface area contributed by atoms with Crippen molar-refractivity contribution in [1.29, 1.82) is 0 Å². The van der Waals surface area contributed by atoms with Crippen LogP contribution < -0.4 is 11.1 Å². The van der Waals surface area contributed by atoms with Crippen molar-refractivity contribution in [3.05, 3.63) is 17.7 Å². The smallest absolute Gasteiger partial charge is 0.269 e. The van der Waals surface area contributed by atoms with Gasteiger partial charge in [0.15, 0.2) is 0 Å². The summed E-state index contributed by atoms with van der Waals surface area (Å²) in [5.41, 5.74) is 6.43. The number of fused-ring (bicyclic) bond motifs is 1. The third kappa shape index (κ3) is 0.984. The van der Waals surface area contributed by atoms with E-state index in [4.69, 9.17) is 5.73 Å². The van der Waals surface area contributed by atoms with Gasteiger partial charge < -0.3 is 15.6 Å². The number of imidazole rings is 1. The topological polar surface area (TPSA) is 72.9 Å². The molecule has 0 bridgehead atoms. The molecule has 1 aromatic rings. The number of rotatable bonds is 1. The predicted octanol–water partition coefficient (Wildman–Crippen LogP) is -0.915. The first-order valence-electron chi connectivity index (χ1n) is 3.83. The Kier molecular flexibility index (Phi) is 1.58. The highest BCUT2D eigenvalue weighted by Crippen LogP contribution is 2.09. The summed E-state index contributed by atoms with van der Waals surface area (Å²) in [4.78, 5) is 14.8. The fraction of sp³-hybridized carbons (Fsp3) is 0.429. The maximum Gasteiger partial charge on any atom is 0.269 e. The zero-order valence-corrected chi connectivity index (χ0v) is 6.58. The second-order valence-corrected chi connectivity index (χ2v) is 2.77. The number of amides is 1. The largest absolute Gasteiger partial charge is 0.364 e. The van der Waals surface area contributed by atoms with Gasteiger partial charge in [-0.25, -0.2) is 4.98 Å². The van der Waals surface area contributed by atoms with Crippen LogP contribution in [0, 0.1) is 0 Å². The van der Waals surface area contributed by atoms with E-state index >= 15 is 0 Å². The second-order valence-electron chi connectivity index (χ2n) is 2.77. The Bertz CT molecular complexity index is 317. The number of nitrogens with two attached hydrogens (primary N) is 1. The summed E-state index contributed by atoms with van der Waals surface area (Å²) in [7, 11) is 0. The van der Waals surface area contributed by atoms with Crippen molar-refractivity contribution in [2.24, 2.45) is 5.73 Å². The molecule has 2 heterocycles. The standard InChI is InChI=1S/C7H10N4O/c8-7(12)6-5-3-9-1-2-11(5)4-10-6/h4,9H,1-3H2,(H2,8,12). The van der Waals surface area contributed by atoms with Crippen molar-refractivity contribution in [3.8, 4) is 0 Å². The number of nitrogens with zero attached hydrogens (tertiary/aromatic N) is 2. The first-order valence-corrected chi connectivity index (χ1v) is 3.83. The molecule has 1 amide bonds. The Morgan fingerprint density at radius 2 is 2.58 bits per heavy atom. The molecule has 5 heteroatoms. The van der Waals surface area contributed by atoms with E-state index in [1.54, 1.807) is 6.33 Å². The Hall–Kier alpha value is -1.36. The molecule has 2 rings (SSSR count). The number of aromatic nitrogens is 2. The van der Waals surface area contributed by atoms with E-state index < -0.39 is 5.91 Å². The van der Waals surface area contributed by atoms with Gasteiger partial charge in [0.25, 0.3) is 5.91 Å². The summed E-state index contributed by atoms with van der Waals surface area (Å²) >= 11 is 0. The highest BCUT2D eigenvalue weighted by molar-refractivity contribution is 5.91. The van der Waals surface area contributed by atoms with E-state index in [0.717, 1.165) is 18.8 Å². The van der Waals surface area contributed by atoms with Gasteiger partial charge in [-0.2, -0.15) is 0 Å².